The van der Waals surface area contributed by atoms with Crippen molar-refractivity contribution in [3.05, 3.63) is 0 Å². The molecule has 0 aliphatic rings. The van der Waals surface area contributed by atoms with Gasteiger partial charge in [0.25, 0.3) is 0 Å². The van der Waals surface area contributed by atoms with Crippen LogP contribution >= 0.6 is 0 Å². The summed E-state index contributed by atoms with van der Waals surface area (Å²) < 4.78 is 10.5. The van der Waals surface area contributed by atoms with E-state index in [0.29, 0.717) is 13.0 Å². The fraction of sp³-hybridized carbons (Fsp3) is 0.917. The van der Waals surface area contributed by atoms with Crippen molar-refractivity contribution >= 4 is 5.97 Å². The van der Waals surface area contributed by atoms with Gasteiger partial charge in [0.15, 0.2) is 0 Å². The van der Waals surface area contributed by atoms with E-state index in [9.17, 15) is 4.79 Å². The number of esters is 1. The summed E-state index contributed by atoms with van der Waals surface area (Å²) in [5.41, 5.74) is 0. The molecule has 0 aromatic heterocycles. The van der Waals surface area contributed by atoms with Crippen molar-refractivity contribution in [3.8, 4) is 0 Å². The van der Waals surface area contributed by atoms with Gasteiger partial charge in [0, 0.05) is 13.0 Å². The van der Waals surface area contributed by atoms with Crippen LogP contribution in [0.2, 0.25) is 0 Å². The molecule has 0 rings (SSSR count). The zero-order valence-electron chi connectivity index (χ0n) is 10.3. The van der Waals surface area contributed by atoms with Crippen LogP contribution in [0, 0.1) is 0 Å². The molecule has 0 fully saturated rings. The van der Waals surface area contributed by atoms with E-state index in [2.05, 4.69) is 13.8 Å². The van der Waals surface area contributed by atoms with Gasteiger partial charge in [-0.25, -0.2) is 0 Å². The lowest BCUT2D eigenvalue weighted by Crippen LogP contribution is -2.20. The molecule has 0 aliphatic heterocycles. The van der Waals surface area contributed by atoms with Crippen LogP contribution in [0.25, 0.3) is 0 Å². The van der Waals surface area contributed by atoms with Gasteiger partial charge < -0.3 is 9.47 Å². The summed E-state index contributed by atoms with van der Waals surface area (Å²) in [5, 5.41) is 0. The van der Waals surface area contributed by atoms with Crippen molar-refractivity contribution in [2.45, 2.75) is 59.0 Å². The minimum absolute atomic E-state index is 0.108. The normalized spacial score (nSPS) is 12.5. The predicted octanol–water partition coefficient (Wildman–Crippen LogP) is 2.93. The van der Waals surface area contributed by atoms with E-state index < -0.39 is 0 Å². The number of rotatable bonds is 9. The second-order valence-electron chi connectivity index (χ2n) is 3.83. The summed E-state index contributed by atoms with van der Waals surface area (Å²) in [6.45, 7) is 7.32. The van der Waals surface area contributed by atoms with E-state index in [-0.39, 0.29) is 12.1 Å². The highest BCUT2D eigenvalue weighted by Gasteiger charge is 2.08. The highest BCUT2D eigenvalue weighted by atomic mass is 16.6. The topological polar surface area (TPSA) is 35.5 Å². The van der Waals surface area contributed by atoms with Crippen molar-refractivity contribution in [1.82, 2.24) is 0 Å². The average Bonchev–Trinajstić information content (AvgIpc) is 2.21. The highest BCUT2D eigenvalue weighted by Crippen LogP contribution is 2.01. The van der Waals surface area contributed by atoms with Crippen molar-refractivity contribution in [2.75, 3.05) is 13.2 Å². The number of hydrogen-bond acceptors (Lipinski definition) is 3. The second-order valence-corrected chi connectivity index (χ2v) is 3.83. The fourth-order valence-electron chi connectivity index (χ4n) is 1.13. The van der Waals surface area contributed by atoms with Crippen LogP contribution < -0.4 is 0 Å². The summed E-state index contributed by atoms with van der Waals surface area (Å²) in [4.78, 5) is 11.2. The minimum atomic E-state index is -0.119. The number of carbonyl (C=O) groups is 1. The third-order valence-electron chi connectivity index (χ3n) is 2.06. The van der Waals surface area contributed by atoms with Crippen LogP contribution in [0.5, 0.6) is 0 Å². The zero-order chi connectivity index (χ0) is 11.5. The van der Waals surface area contributed by atoms with Gasteiger partial charge in [-0.15, -0.1) is 0 Å². The van der Waals surface area contributed by atoms with Crippen LogP contribution in [0.4, 0.5) is 0 Å². The molecule has 3 nitrogen and oxygen atoms in total. The molecule has 0 aliphatic carbocycles. The fourth-order valence-corrected chi connectivity index (χ4v) is 1.13. The smallest absolute Gasteiger partial charge is 0.306 e. The summed E-state index contributed by atoms with van der Waals surface area (Å²) >= 11 is 0. The van der Waals surface area contributed by atoms with Gasteiger partial charge in [0.1, 0.15) is 6.10 Å². The Morgan fingerprint density at radius 2 is 1.87 bits per heavy atom. The van der Waals surface area contributed by atoms with Gasteiger partial charge in [-0.3, -0.25) is 4.79 Å². The van der Waals surface area contributed by atoms with E-state index in [4.69, 9.17) is 9.47 Å². The number of carbonyl (C=O) groups excluding carboxylic acids is 1. The van der Waals surface area contributed by atoms with Crippen LogP contribution in [0.1, 0.15) is 52.9 Å². The number of ether oxygens (including phenoxy) is 2. The van der Waals surface area contributed by atoms with E-state index in [1.807, 2.05) is 6.92 Å². The average molecular weight is 216 g/mol. The molecule has 15 heavy (non-hydrogen) atoms. The van der Waals surface area contributed by atoms with Crippen molar-refractivity contribution in [1.29, 1.82) is 0 Å². The maximum Gasteiger partial charge on any atom is 0.306 e. The molecule has 0 saturated heterocycles. The highest BCUT2D eigenvalue weighted by molar-refractivity contribution is 5.69. The van der Waals surface area contributed by atoms with Crippen molar-refractivity contribution in [2.24, 2.45) is 0 Å². The monoisotopic (exact) mass is 216 g/mol. The van der Waals surface area contributed by atoms with Crippen LogP contribution in [0.15, 0.2) is 0 Å². The first-order valence-corrected chi connectivity index (χ1v) is 5.97. The molecule has 1 unspecified atom stereocenters. The van der Waals surface area contributed by atoms with Gasteiger partial charge in [-0.05, 0) is 19.8 Å². The largest absolute Gasteiger partial charge is 0.460 e. The minimum Gasteiger partial charge on any atom is -0.460 e. The molecule has 0 N–H and O–H groups in total. The van der Waals surface area contributed by atoms with Crippen molar-refractivity contribution in [3.63, 3.8) is 0 Å². The van der Waals surface area contributed by atoms with Gasteiger partial charge in [0.05, 0.1) is 6.61 Å². The third kappa shape index (κ3) is 9.73. The number of hydrogen-bond donors (Lipinski definition) is 0. The first-order valence-electron chi connectivity index (χ1n) is 5.97. The summed E-state index contributed by atoms with van der Waals surface area (Å²) in [6.07, 6.45) is 4.53. The molecule has 0 radical (unpaired) electrons. The Bertz CT molecular complexity index is 157. The molecule has 0 aromatic rings. The Kier molecular flexibility index (Phi) is 9.59. The zero-order valence-corrected chi connectivity index (χ0v) is 10.3. The molecule has 0 bridgehead atoms. The SMILES string of the molecule is CCCCOCC(C)OC(=O)CCCC. The lowest BCUT2D eigenvalue weighted by Gasteiger charge is -2.13. The first-order chi connectivity index (χ1) is 7.20. The van der Waals surface area contributed by atoms with Gasteiger partial charge in [0.2, 0.25) is 0 Å². The molecule has 1 atom stereocenters. The summed E-state index contributed by atoms with van der Waals surface area (Å²) in [6, 6.07) is 0. The molecular weight excluding hydrogens is 192 g/mol. The summed E-state index contributed by atoms with van der Waals surface area (Å²) in [5.74, 6) is -0.108. The van der Waals surface area contributed by atoms with E-state index >= 15 is 0 Å². The molecule has 3 heteroatoms. The third-order valence-corrected chi connectivity index (χ3v) is 2.06. The Morgan fingerprint density at radius 3 is 2.47 bits per heavy atom. The van der Waals surface area contributed by atoms with Crippen LogP contribution in [-0.2, 0) is 14.3 Å². The molecule has 0 heterocycles. The first kappa shape index (κ1) is 14.4. The Labute approximate surface area is 93.1 Å². The standard InChI is InChI=1S/C12H24O3/c1-4-6-8-12(13)15-11(3)10-14-9-7-5-2/h11H,4-10H2,1-3H3. The molecule has 0 aromatic carbocycles. The van der Waals surface area contributed by atoms with E-state index in [1.54, 1.807) is 0 Å². The quantitative estimate of drug-likeness (QED) is 0.439. The lowest BCUT2D eigenvalue weighted by atomic mass is 10.2. The maximum absolute atomic E-state index is 11.2. The Hall–Kier alpha value is -0.570. The molecule has 90 valence electrons. The summed E-state index contributed by atoms with van der Waals surface area (Å²) in [7, 11) is 0. The van der Waals surface area contributed by atoms with Gasteiger partial charge in [-0.2, -0.15) is 0 Å². The van der Waals surface area contributed by atoms with E-state index in [1.165, 1.54) is 0 Å². The molecular formula is C12H24O3. The van der Waals surface area contributed by atoms with E-state index in [0.717, 1.165) is 32.3 Å². The molecule has 0 saturated carbocycles. The second kappa shape index (κ2) is 9.97. The molecule has 0 spiro atoms. The maximum atomic E-state index is 11.2. The van der Waals surface area contributed by atoms with Crippen LogP contribution in [0.3, 0.4) is 0 Å². The van der Waals surface area contributed by atoms with Crippen molar-refractivity contribution < 1.29 is 14.3 Å². The Balaban J connectivity index is 3.38. The van der Waals surface area contributed by atoms with Gasteiger partial charge >= 0.3 is 5.97 Å². The lowest BCUT2D eigenvalue weighted by molar-refractivity contribution is -0.151. The predicted molar refractivity (Wildman–Crippen MR) is 60.8 cm³/mol. The van der Waals surface area contributed by atoms with Crippen LogP contribution in [-0.4, -0.2) is 25.3 Å². The van der Waals surface area contributed by atoms with Gasteiger partial charge in [-0.1, -0.05) is 26.7 Å². The number of unbranched alkanes of at least 4 members (excludes halogenated alkanes) is 2. The molecule has 0 amide bonds. The Morgan fingerprint density at radius 1 is 1.20 bits per heavy atom.